The molecule has 0 saturated carbocycles. The van der Waals surface area contributed by atoms with Gasteiger partial charge < -0.3 is 15.0 Å². The number of hydrogen-bond donors (Lipinski definition) is 1. The standard InChI is InChI=1S/C24H20FN3O2S/c25-22-4-2-1-3-21(22)23-10-9-20(31-23)15-17(16-26)24(29)27-18-5-7-19(8-6-18)28-11-13-30-14-12-28/h1-10,15H,11-14H2,(H,27,29)/b17-15+. The minimum atomic E-state index is -0.484. The highest BCUT2D eigenvalue weighted by molar-refractivity contribution is 7.16. The van der Waals surface area contributed by atoms with Gasteiger partial charge in [0.25, 0.3) is 5.91 Å². The molecule has 0 spiro atoms. The van der Waals surface area contributed by atoms with E-state index in [4.69, 9.17) is 4.74 Å². The minimum Gasteiger partial charge on any atom is -0.378 e. The molecule has 1 N–H and O–H groups in total. The van der Waals surface area contributed by atoms with Crippen LogP contribution in [0.2, 0.25) is 0 Å². The van der Waals surface area contributed by atoms with Crippen LogP contribution < -0.4 is 10.2 Å². The number of rotatable bonds is 5. The summed E-state index contributed by atoms with van der Waals surface area (Å²) in [6.45, 7) is 3.08. The van der Waals surface area contributed by atoms with Crippen LogP contribution in [-0.2, 0) is 9.53 Å². The lowest BCUT2D eigenvalue weighted by Gasteiger charge is -2.28. The number of nitrogens with one attached hydrogen (secondary N) is 1. The Morgan fingerprint density at radius 3 is 2.55 bits per heavy atom. The predicted molar refractivity (Wildman–Crippen MR) is 121 cm³/mol. The zero-order valence-electron chi connectivity index (χ0n) is 16.7. The molecule has 1 aliphatic heterocycles. The number of ether oxygens (including phenoxy) is 1. The normalized spacial score (nSPS) is 14.2. The van der Waals surface area contributed by atoms with Crippen molar-refractivity contribution in [3.8, 4) is 16.5 Å². The molecule has 0 unspecified atom stereocenters. The first kappa shape index (κ1) is 20.8. The number of benzene rings is 2. The van der Waals surface area contributed by atoms with Crippen molar-refractivity contribution in [3.63, 3.8) is 0 Å². The zero-order valence-corrected chi connectivity index (χ0v) is 17.5. The van der Waals surface area contributed by atoms with Gasteiger partial charge in [0.05, 0.1) is 13.2 Å². The smallest absolute Gasteiger partial charge is 0.266 e. The van der Waals surface area contributed by atoms with Gasteiger partial charge in [-0.05, 0) is 48.5 Å². The molecule has 156 valence electrons. The molecule has 1 fully saturated rings. The van der Waals surface area contributed by atoms with Gasteiger partial charge in [-0.1, -0.05) is 18.2 Å². The molecule has 2 aromatic carbocycles. The Morgan fingerprint density at radius 1 is 1.10 bits per heavy atom. The Hall–Kier alpha value is -3.47. The highest BCUT2D eigenvalue weighted by Gasteiger charge is 2.14. The second kappa shape index (κ2) is 9.56. The molecule has 0 radical (unpaired) electrons. The topological polar surface area (TPSA) is 65.4 Å². The zero-order chi connectivity index (χ0) is 21.6. The molecule has 31 heavy (non-hydrogen) atoms. The number of hydrogen-bond acceptors (Lipinski definition) is 5. The van der Waals surface area contributed by atoms with E-state index in [0.717, 1.165) is 23.7 Å². The number of morpholine rings is 1. The van der Waals surface area contributed by atoms with E-state index in [1.165, 1.54) is 23.5 Å². The van der Waals surface area contributed by atoms with Gasteiger partial charge in [-0.15, -0.1) is 11.3 Å². The van der Waals surface area contributed by atoms with Crippen LogP contribution in [0.15, 0.2) is 66.2 Å². The Morgan fingerprint density at radius 2 is 1.84 bits per heavy atom. The van der Waals surface area contributed by atoms with E-state index < -0.39 is 5.91 Å². The molecular formula is C24H20FN3O2S. The lowest BCUT2D eigenvalue weighted by Crippen LogP contribution is -2.36. The van der Waals surface area contributed by atoms with Crippen molar-refractivity contribution >= 4 is 34.7 Å². The summed E-state index contributed by atoms with van der Waals surface area (Å²) in [7, 11) is 0. The quantitative estimate of drug-likeness (QED) is 0.457. The summed E-state index contributed by atoms with van der Waals surface area (Å²) in [4.78, 5) is 16.2. The Bertz CT molecular complexity index is 1140. The average Bonchev–Trinajstić information content (AvgIpc) is 3.27. The van der Waals surface area contributed by atoms with Crippen molar-refractivity contribution in [2.24, 2.45) is 0 Å². The monoisotopic (exact) mass is 433 g/mol. The van der Waals surface area contributed by atoms with E-state index in [1.807, 2.05) is 30.3 Å². The minimum absolute atomic E-state index is 0.0146. The van der Waals surface area contributed by atoms with Crippen molar-refractivity contribution in [2.75, 3.05) is 36.5 Å². The number of halogens is 1. The van der Waals surface area contributed by atoms with Crippen molar-refractivity contribution in [1.29, 1.82) is 5.26 Å². The molecule has 1 aromatic heterocycles. The van der Waals surface area contributed by atoms with Crippen LogP contribution in [-0.4, -0.2) is 32.2 Å². The molecule has 2 heterocycles. The van der Waals surface area contributed by atoms with Gasteiger partial charge in [-0.25, -0.2) is 4.39 Å². The number of thiophene rings is 1. The highest BCUT2D eigenvalue weighted by Crippen LogP contribution is 2.31. The van der Waals surface area contributed by atoms with E-state index in [9.17, 15) is 14.4 Å². The predicted octanol–water partition coefficient (Wildman–Crippen LogP) is 4.94. The Kier molecular flexibility index (Phi) is 6.41. The van der Waals surface area contributed by atoms with E-state index >= 15 is 0 Å². The first-order valence-corrected chi connectivity index (χ1v) is 10.7. The summed E-state index contributed by atoms with van der Waals surface area (Å²) in [5.41, 5.74) is 2.16. The summed E-state index contributed by atoms with van der Waals surface area (Å²) in [5, 5.41) is 12.2. The fourth-order valence-electron chi connectivity index (χ4n) is 3.30. The third-order valence-electron chi connectivity index (χ3n) is 4.92. The van der Waals surface area contributed by atoms with Gasteiger partial charge in [0.15, 0.2) is 0 Å². The number of anilines is 2. The van der Waals surface area contributed by atoms with Gasteiger partial charge >= 0.3 is 0 Å². The second-order valence-corrected chi connectivity index (χ2v) is 8.07. The molecular weight excluding hydrogens is 413 g/mol. The van der Waals surface area contributed by atoms with Crippen LogP contribution in [0.3, 0.4) is 0 Å². The lowest BCUT2D eigenvalue weighted by atomic mass is 10.2. The molecule has 5 nitrogen and oxygen atoms in total. The molecule has 1 saturated heterocycles. The van der Waals surface area contributed by atoms with Crippen LogP contribution >= 0.6 is 11.3 Å². The van der Waals surface area contributed by atoms with Crippen LogP contribution in [0.1, 0.15) is 4.88 Å². The van der Waals surface area contributed by atoms with Crippen LogP contribution in [0.4, 0.5) is 15.8 Å². The molecule has 4 rings (SSSR count). The molecule has 1 aliphatic rings. The summed E-state index contributed by atoms with van der Waals surface area (Å²) in [6, 6.07) is 19.5. The van der Waals surface area contributed by atoms with Gasteiger partial charge in [-0.2, -0.15) is 5.26 Å². The highest BCUT2D eigenvalue weighted by atomic mass is 32.1. The van der Waals surface area contributed by atoms with Crippen molar-refractivity contribution < 1.29 is 13.9 Å². The van der Waals surface area contributed by atoms with Crippen LogP contribution in [0, 0.1) is 17.1 Å². The van der Waals surface area contributed by atoms with E-state index in [-0.39, 0.29) is 11.4 Å². The maximum absolute atomic E-state index is 14.0. The van der Waals surface area contributed by atoms with Gasteiger partial charge in [-0.3, -0.25) is 4.79 Å². The third-order valence-corrected chi connectivity index (χ3v) is 5.98. The summed E-state index contributed by atoms with van der Waals surface area (Å²) >= 11 is 1.32. The summed E-state index contributed by atoms with van der Waals surface area (Å²) < 4.78 is 19.4. The first-order chi connectivity index (χ1) is 15.1. The third kappa shape index (κ3) is 5.00. The van der Waals surface area contributed by atoms with Crippen molar-refractivity contribution in [1.82, 2.24) is 0 Å². The first-order valence-electron chi connectivity index (χ1n) is 9.85. The number of carbonyl (C=O) groups is 1. The fraction of sp³-hybridized carbons (Fsp3) is 0.167. The molecule has 0 aliphatic carbocycles. The molecule has 0 bridgehead atoms. The van der Waals surface area contributed by atoms with Gasteiger partial charge in [0, 0.05) is 39.8 Å². The molecule has 7 heteroatoms. The van der Waals surface area contributed by atoms with E-state index in [2.05, 4.69) is 10.2 Å². The van der Waals surface area contributed by atoms with Crippen molar-refractivity contribution in [2.45, 2.75) is 0 Å². The lowest BCUT2D eigenvalue weighted by molar-refractivity contribution is -0.112. The maximum atomic E-state index is 14.0. The second-order valence-electron chi connectivity index (χ2n) is 6.95. The van der Waals surface area contributed by atoms with E-state index in [1.54, 1.807) is 30.3 Å². The Balaban J connectivity index is 1.45. The van der Waals surface area contributed by atoms with Crippen LogP contribution in [0.5, 0.6) is 0 Å². The van der Waals surface area contributed by atoms with Gasteiger partial charge in [0.1, 0.15) is 17.5 Å². The largest absolute Gasteiger partial charge is 0.378 e. The maximum Gasteiger partial charge on any atom is 0.266 e. The number of amides is 1. The van der Waals surface area contributed by atoms with Gasteiger partial charge in [0.2, 0.25) is 0 Å². The van der Waals surface area contributed by atoms with Crippen LogP contribution in [0.25, 0.3) is 16.5 Å². The van der Waals surface area contributed by atoms with E-state index in [0.29, 0.717) is 29.3 Å². The molecule has 3 aromatic rings. The number of carbonyl (C=O) groups excluding carboxylic acids is 1. The summed E-state index contributed by atoms with van der Waals surface area (Å²) in [6.07, 6.45) is 1.52. The molecule has 1 amide bonds. The number of nitrogens with zero attached hydrogens (tertiary/aromatic N) is 2. The number of nitriles is 1. The van der Waals surface area contributed by atoms with Crippen molar-refractivity contribution in [3.05, 3.63) is 76.9 Å². The summed E-state index contributed by atoms with van der Waals surface area (Å²) in [5.74, 6) is -0.791. The SMILES string of the molecule is N#C/C(=C\c1ccc(-c2ccccc2F)s1)C(=O)Nc1ccc(N2CCOCC2)cc1. The molecule has 0 atom stereocenters. The Labute approximate surface area is 184 Å². The fourth-order valence-corrected chi connectivity index (χ4v) is 4.28. The average molecular weight is 434 g/mol.